The van der Waals surface area contributed by atoms with E-state index in [2.05, 4.69) is 0 Å². The molecule has 0 amide bonds. The van der Waals surface area contributed by atoms with E-state index in [1.807, 2.05) is 0 Å². The highest BCUT2D eigenvalue weighted by Crippen LogP contribution is 2.33. The van der Waals surface area contributed by atoms with Crippen molar-refractivity contribution in [1.82, 2.24) is 4.31 Å². The molecule has 0 bridgehead atoms. The fourth-order valence-electron chi connectivity index (χ4n) is 2.27. The summed E-state index contributed by atoms with van der Waals surface area (Å²) < 4.78 is 26.9. The Kier molecular flexibility index (Phi) is 4.60. The van der Waals surface area contributed by atoms with Crippen molar-refractivity contribution < 1.29 is 18.3 Å². The molecule has 0 radical (unpaired) electrons. The molecule has 1 aliphatic carbocycles. The van der Waals surface area contributed by atoms with E-state index in [0.717, 1.165) is 12.8 Å². The number of carboxylic acid groups (broad SMARTS) is 1. The lowest BCUT2D eigenvalue weighted by Crippen LogP contribution is -2.33. The number of carboxylic acids is 1. The van der Waals surface area contributed by atoms with Gasteiger partial charge in [-0.05, 0) is 43.4 Å². The fourth-order valence-corrected chi connectivity index (χ4v) is 4.35. The van der Waals surface area contributed by atoms with Crippen LogP contribution in [0.3, 0.4) is 0 Å². The molecule has 5 nitrogen and oxygen atoms in total. The van der Waals surface area contributed by atoms with Crippen molar-refractivity contribution in [3.05, 3.63) is 28.3 Å². The van der Waals surface area contributed by atoms with E-state index in [1.54, 1.807) is 6.92 Å². The van der Waals surface area contributed by atoms with Crippen LogP contribution in [0.1, 0.15) is 35.7 Å². The number of nitrogens with zero attached hydrogens (tertiary/aromatic N) is 1. The number of halogens is 1. The summed E-state index contributed by atoms with van der Waals surface area (Å²) in [7, 11) is -3.73. The molecule has 21 heavy (non-hydrogen) atoms. The zero-order valence-electron chi connectivity index (χ0n) is 12.0. The average Bonchev–Trinajstić information content (AvgIpc) is 3.21. The normalized spacial score (nSPS) is 15.4. The second-order valence-corrected chi connectivity index (χ2v) is 7.62. The molecule has 0 atom stereocenters. The van der Waals surface area contributed by atoms with Crippen LogP contribution in [0, 0.1) is 12.8 Å². The Labute approximate surface area is 129 Å². The molecule has 2 rings (SSSR count). The zero-order valence-corrected chi connectivity index (χ0v) is 13.5. The Morgan fingerprint density at radius 2 is 2.05 bits per heavy atom. The van der Waals surface area contributed by atoms with Gasteiger partial charge in [0.25, 0.3) is 0 Å². The largest absolute Gasteiger partial charge is 0.478 e. The third kappa shape index (κ3) is 3.39. The first-order chi connectivity index (χ1) is 9.77. The van der Waals surface area contributed by atoms with E-state index in [1.165, 1.54) is 23.4 Å². The molecule has 0 unspecified atom stereocenters. The molecule has 1 aliphatic rings. The minimum absolute atomic E-state index is 0.0186. The van der Waals surface area contributed by atoms with E-state index in [4.69, 9.17) is 16.7 Å². The molecule has 1 aromatic carbocycles. The highest BCUT2D eigenvalue weighted by molar-refractivity contribution is 7.89. The Morgan fingerprint density at radius 3 is 2.52 bits per heavy atom. The van der Waals surface area contributed by atoms with E-state index >= 15 is 0 Å². The highest BCUT2D eigenvalue weighted by Gasteiger charge is 2.32. The molecule has 1 saturated carbocycles. The SMILES string of the molecule is CCN(CC1CC1)S(=O)(=O)c1cc(Cl)cc(C(=O)O)c1C. The molecule has 7 heteroatoms. The van der Waals surface area contributed by atoms with Gasteiger partial charge < -0.3 is 5.11 Å². The summed E-state index contributed by atoms with van der Waals surface area (Å²) in [6.45, 7) is 4.11. The molecule has 1 aromatic rings. The number of carbonyl (C=O) groups is 1. The van der Waals surface area contributed by atoms with Crippen molar-refractivity contribution in [2.75, 3.05) is 13.1 Å². The predicted molar refractivity (Wildman–Crippen MR) is 80.3 cm³/mol. The zero-order chi connectivity index (χ0) is 15.8. The summed E-state index contributed by atoms with van der Waals surface area (Å²) in [5.74, 6) is -0.769. The van der Waals surface area contributed by atoms with Crippen LogP contribution in [0.25, 0.3) is 0 Å². The van der Waals surface area contributed by atoms with Crippen LogP contribution in [-0.2, 0) is 10.0 Å². The maximum Gasteiger partial charge on any atom is 0.336 e. The van der Waals surface area contributed by atoms with Gasteiger partial charge in [-0.3, -0.25) is 0 Å². The van der Waals surface area contributed by atoms with Crippen molar-refractivity contribution in [3.63, 3.8) is 0 Å². The van der Waals surface area contributed by atoms with Crippen molar-refractivity contribution in [2.24, 2.45) is 5.92 Å². The first-order valence-corrected chi connectivity index (χ1v) is 8.62. The Bertz CT molecular complexity index is 668. The van der Waals surface area contributed by atoms with E-state index < -0.39 is 16.0 Å². The van der Waals surface area contributed by atoms with Crippen LogP contribution in [0.4, 0.5) is 0 Å². The van der Waals surface area contributed by atoms with Gasteiger partial charge in [-0.15, -0.1) is 0 Å². The molecule has 1 fully saturated rings. The standard InChI is InChI=1S/C14H18ClNO4S/c1-3-16(8-10-4-5-10)21(19,20)13-7-11(15)6-12(9(13)2)14(17)18/h6-7,10H,3-5,8H2,1-2H3,(H,17,18). The van der Waals surface area contributed by atoms with Crippen LogP contribution in [-0.4, -0.2) is 36.9 Å². The van der Waals surface area contributed by atoms with Gasteiger partial charge in [0.1, 0.15) is 0 Å². The van der Waals surface area contributed by atoms with Crippen molar-refractivity contribution in [1.29, 1.82) is 0 Å². The maximum atomic E-state index is 12.7. The lowest BCUT2D eigenvalue weighted by Gasteiger charge is -2.22. The number of aromatic carboxylic acids is 1. The molecule has 1 N–H and O–H groups in total. The molecule has 0 saturated heterocycles. The van der Waals surface area contributed by atoms with Gasteiger partial charge in [-0.2, -0.15) is 4.31 Å². The van der Waals surface area contributed by atoms with E-state index in [0.29, 0.717) is 19.0 Å². The third-order valence-electron chi connectivity index (χ3n) is 3.68. The number of hydrogen-bond acceptors (Lipinski definition) is 3. The van der Waals surface area contributed by atoms with Crippen LogP contribution in [0.5, 0.6) is 0 Å². The van der Waals surface area contributed by atoms with Gasteiger partial charge >= 0.3 is 5.97 Å². The number of hydrogen-bond donors (Lipinski definition) is 1. The third-order valence-corrected chi connectivity index (χ3v) is 5.97. The van der Waals surface area contributed by atoms with Crippen LogP contribution in [0.15, 0.2) is 17.0 Å². The van der Waals surface area contributed by atoms with Crippen LogP contribution >= 0.6 is 11.6 Å². The van der Waals surface area contributed by atoms with Crippen LogP contribution < -0.4 is 0 Å². The second-order valence-electron chi connectivity index (χ2n) is 5.28. The predicted octanol–water partition coefficient (Wildman–Crippen LogP) is 2.77. The Hall–Kier alpha value is -1.11. The molecule has 0 spiro atoms. The Balaban J connectivity index is 2.50. The molecule has 0 heterocycles. The lowest BCUT2D eigenvalue weighted by molar-refractivity contribution is 0.0696. The van der Waals surface area contributed by atoms with Crippen molar-refractivity contribution >= 4 is 27.6 Å². The topological polar surface area (TPSA) is 74.7 Å². The van der Waals surface area contributed by atoms with Gasteiger partial charge in [-0.25, -0.2) is 13.2 Å². The van der Waals surface area contributed by atoms with Crippen molar-refractivity contribution in [3.8, 4) is 0 Å². The van der Waals surface area contributed by atoms with Gasteiger partial charge in [0.05, 0.1) is 10.5 Å². The Morgan fingerprint density at radius 1 is 1.43 bits per heavy atom. The molecular formula is C14H18ClNO4S. The monoisotopic (exact) mass is 331 g/mol. The summed E-state index contributed by atoms with van der Waals surface area (Å²) in [6.07, 6.45) is 2.09. The highest BCUT2D eigenvalue weighted by atomic mass is 35.5. The maximum absolute atomic E-state index is 12.7. The van der Waals surface area contributed by atoms with E-state index in [9.17, 15) is 13.2 Å². The quantitative estimate of drug-likeness (QED) is 0.869. The average molecular weight is 332 g/mol. The first-order valence-electron chi connectivity index (χ1n) is 6.81. The van der Waals surface area contributed by atoms with Gasteiger partial charge in [0, 0.05) is 18.1 Å². The van der Waals surface area contributed by atoms with Gasteiger partial charge in [0.2, 0.25) is 10.0 Å². The van der Waals surface area contributed by atoms with Crippen molar-refractivity contribution in [2.45, 2.75) is 31.6 Å². The van der Waals surface area contributed by atoms with Gasteiger partial charge in [-0.1, -0.05) is 18.5 Å². The smallest absolute Gasteiger partial charge is 0.336 e. The number of benzene rings is 1. The summed E-state index contributed by atoms with van der Waals surface area (Å²) in [5.41, 5.74) is 0.143. The minimum atomic E-state index is -3.73. The fraction of sp³-hybridized carbons (Fsp3) is 0.500. The molecule has 0 aliphatic heterocycles. The minimum Gasteiger partial charge on any atom is -0.478 e. The lowest BCUT2D eigenvalue weighted by atomic mass is 10.1. The van der Waals surface area contributed by atoms with Gasteiger partial charge in [0.15, 0.2) is 0 Å². The first kappa shape index (κ1) is 16.3. The molecular weight excluding hydrogens is 314 g/mol. The molecule has 116 valence electrons. The summed E-state index contributed by atoms with van der Waals surface area (Å²) in [6, 6.07) is 2.60. The number of rotatable bonds is 6. The molecule has 0 aromatic heterocycles. The van der Waals surface area contributed by atoms with Crippen LogP contribution in [0.2, 0.25) is 5.02 Å². The summed E-state index contributed by atoms with van der Waals surface area (Å²) in [5, 5.41) is 9.27. The summed E-state index contributed by atoms with van der Waals surface area (Å²) >= 11 is 5.89. The van der Waals surface area contributed by atoms with E-state index in [-0.39, 0.29) is 21.0 Å². The second kappa shape index (κ2) is 5.94. The number of sulfonamides is 1. The summed E-state index contributed by atoms with van der Waals surface area (Å²) in [4.78, 5) is 11.2.